The van der Waals surface area contributed by atoms with Gasteiger partial charge in [0.05, 0.1) is 0 Å². The van der Waals surface area contributed by atoms with Gasteiger partial charge in [0.1, 0.15) is 0 Å². The van der Waals surface area contributed by atoms with E-state index in [-0.39, 0.29) is 0 Å². The van der Waals surface area contributed by atoms with Crippen molar-refractivity contribution in [3.05, 3.63) is 183 Å². The molecule has 0 aliphatic heterocycles. The number of allylic oxidation sites excluding steroid dienone is 8. The molecule has 3 heterocycles. The molecule has 0 amide bonds. The van der Waals surface area contributed by atoms with Gasteiger partial charge in [0, 0.05) is 4.88 Å². The van der Waals surface area contributed by atoms with Crippen LogP contribution in [0.4, 0.5) is 0 Å². The van der Waals surface area contributed by atoms with Crippen LogP contribution in [-0.2, 0) is 17.9 Å². The predicted molar refractivity (Wildman–Crippen MR) is 226 cm³/mol. The van der Waals surface area contributed by atoms with Gasteiger partial charge < -0.3 is 0 Å². The molecule has 0 unspecified atom stereocenters. The van der Waals surface area contributed by atoms with E-state index in [1.165, 1.54) is 73.6 Å². The fraction of sp³-hybridized carbons (Fsp3) is 0.109. The first-order valence-electron chi connectivity index (χ1n) is 17.3. The van der Waals surface area contributed by atoms with Crippen LogP contribution in [0.1, 0.15) is 42.9 Å². The van der Waals surface area contributed by atoms with E-state index >= 15 is 0 Å². The first kappa shape index (κ1) is 35.7. The zero-order valence-corrected chi connectivity index (χ0v) is 34.6. The van der Waals surface area contributed by atoms with E-state index in [1.807, 2.05) is 52.0 Å². The normalized spacial score (nSPS) is 15.6. The fourth-order valence-corrected chi connectivity index (χ4v) is 15.7. The van der Waals surface area contributed by atoms with Gasteiger partial charge in [0.25, 0.3) is 0 Å². The summed E-state index contributed by atoms with van der Waals surface area (Å²) >= 11 is 7.45. The van der Waals surface area contributed by atoms with Crippen LogP contribution in [0.3, 0.4) is 0 Å². The van der Waals surface area contributed by atoms with Gasteiger partial charge in [0.2, 0.25) is 0 Å². The Morgan fingerprint density at radius 3 is 1.55 bits per heavy atom. The molecule has 5 heteroatoms. The van der Waals surface area contributed by atoms with E-state index in [2.05, 4.69) is 182 Å². The Morgan fingerprint density at radius 2 is 1.06 bits per heavy atom. The van der Waals surface area contributed by atoms with Gasteiger partial charge in [-0.2, -0.15) is 0 Å². The molecule has 0 saturated heterocycles. The van der Waals surface area contributed by atoms with Crippen molar-refractivity contribution in [2.75, 3.05) is 0 Å². The van der Waals surface area contributed by atoms with E-state index in [4.69, 9.17) is 0 Å². The van der Waals surface area contributed by atoms with Crippen LogP contribution in [-0.4, -0.2) is 0 Å². The monoisotopic (exact) mass is 910 g/mol. The van der Waals surface area contributed by atoms with Crippen molar-refractivity contribution in [2.45, 2.75) is 33.1 Å². The summed E-state index contributed by atoms with van der Waals surface area (Å²) in [4.78, 5) is 7.82. The van der Waals surface area contributed by atoms with Crippen LogP contribution < -0.4 is 15.9 Å². The van der Waals surface area contributed by atoms with E-state index in [0.717, 1.165) is 12.8 Å². The first-order valence-corrected chi connectivity index (χ1v) is 22.8. The summed E-state index contributed by atoms with van der Waals surface area (Å²) in [6.07, 6.45) is 17.2. The third kappa shape index (κ3) is 7.61. The zero-order valence-electron chi connectivity index (χ0n) is 28.7. The number of hydrogen-bond donors (Lipinski definition) is 0. The second-order valence-corrected chi connectivity index (χ2v) is 19.6. The van der Waals surface area contributed by atoms with Gasteiger partial charge in [-0.3, -0.25) is 0 Å². The van der Waals surface area contributed by atoms with E-state index in [1.54, 1.807) is 0 Å². The quantitative estimate of drug-likeness (QED) is 0.0949. The first-order chi connectivity index (χ1) is 25.1. The van der Waals surface area contributed by atoms with Crippen molar-refractivity contribution in [3.8, 4) is 23.9 Å². The van der Waals surface area contributed by atoms with Crippen molar-refractivity contribution >= 4 is 69.3 Å². The molecule has 253 valence electrons. The SMILES string of the molecule is CC=C1CCCC1=CC(/C=C/c1ccc(-c2ccc(-c3ccc(/C=C/C)s3)s2)s1)=C([C]#[Os])[P+](c1ccccc1)(c1ccccc1)c1ccccc1. The topological polar surface area (TPSA) is 0 Å². The molecule has 51 heavy (non-hydrogen) atoms. The molecule has 1 fully saturated rings. The number of thiophene rings is 3. The Morgan fingerprint density at radius 1 is 0.588 bits per heavy atom. The second kappa shape index (κ2) is 16.8. The average Bonchev–Trinajstić information content (AvgIpc) is 4.02. The van der Waals surface area contributed by atoms with Crippen molar-refractivity contribution in [2.24, 2.45) is 0 Å². The summed E-state index contributed by atoms with van der Waals surface area (Å²) in [6.45, 7) is 4.26. The Bertz CT molecular complexity index is 2210. The maximum atomic E-state index is 3.88. The average molecular weight is 909 g/mol. The molecule has 0 bridgehead atoms. The van der Waals surface area contributed by atoms with Crippen molar-refractivity contribution in [1.29, 1.82) is 0 Å². The van der Waals surface area contributed by atoms with E-state index < -0.39 is 7.26 Å². The Kier molecular flexibility index (Phi) is 11.7. The molecule has 0 spiro atoms. The molecule has 0 atom stereocenters. The van der Waals surface area contributed by atoms with Crippen molar-refractivity contribution in [1.82, 2.24) is 0 Å². The molecule has 6 aromatic rings. The minimum absolute atomic E-state index is 1.11. The van der Waals surface area contributed by atoms with Crippen LogP contribution >= 0.6 is 41.3 Å². The zero-order chi connectivity index (χ0) is 35.0. The van der Waals surface area contributed by atoms with Crippen LogP contribution in [0.5, 0.6) is 0 Å². The Labute approximate surface area is 325 Å². The van der Waals surface area contributed by atoms with Gasteiger partial charge >= 0.3 is 280 Å². The summed E-state index contributed by atoms with van der Waals surface area (Å²) in [5, 5.41) is 5.31. The minimum atomic E-state index is -2.34. The Hall–Kier alpha value is -3.69. The summed E-state index contributed by atoms with van der Waals surface area (Å²) < 4.78 is 3.88. The summed E-state index contributed by atoms with van der Waals surface area (Å²) in [6, 6.07) is 47.1. The molecule has 3 aromatic heterocycles. The van der Waals surface area contributed by atoms with Gasteiger partial charge in [-0.15, -0.1) is 11.3 Å². The molecule has 0 nitrogen and oxygen atoms in total. The maximum absolute atomic E-state index is 3.88. The standard InChI is InChI=1S/C46H39PS3.Os/c1-4-16-41-27-29-43(48-41)45-31-32-46(50-45)44-30-28-42(49-44)26-25-36(33-37-18-15-17-35(37)5-2)34(3)47(38-19-9-6-10-20-38,39-21-11-7-12-22-39)40-23-13-8-14-24-40;/h4-14,16,19-33H,15,17-18H2,1-2H3;/q+1;/b16-4+,26-25+,35-5?,36-34?,37-33?;. The molecular formula is C46H39OsPS3+. The number of benzene rings is 3. The second-order valence-electron chi connectivity index (χ2n) is 12.3. The van der Waals surface area contributed by atoms with Crippen molar-refractivity contribution < 1.29 is 17.9 Å². The molecular weight excluding hydrogens is 870 g/mol. The third-order valence-electron chi connectivity index (χ3n) is 9.21. The summed E-state index contributed by atoms with van der Waals surface area (Å²) in [7, 11) is -2.34. The van der Waals surface area contributed by atoms with Crippen LogP contribution in [0.15, 0.2) is 174 Å². The van der Waals surface area contributed by atoms with Crippen molar-refractivity contribution in [3.63, 3.8) is 0 Å². The van der Waals surface area contributed by atoms with Gasteiger partial charge in [0.15, 0.2) is 0 Å². The number of hydrogen-bond acceptors (Lipinski definition) is 3. The molecule has 0 N–H and O–H groups in total. The molecule has 1 aliphatic rings. The van der Waals surface area contributed by atoms with Crippen LogP contribution in [0, 0.1) is 4.37 Å². The van der Waals surface area contributed by atoms with Crippen LogP contribution in [0.2, 0.25) is 0 Å². The molecule has 7 rings (SSSR count). The van der Waals surface area contributed by atoms with Gasteiger partial charge in [-0.25, -0.2) is 0 Å². The molecule has 1 saturated carbocycles. The summed E-state index contributed by atoms with van der Waals surface area (Å²) in [5.74, 6) is 0. The Balaban J connectivity index is 1.38. The fourth-order valence-electron chi connectivity index (χ4n) is 6.85. The molecule has 1 aliphatic carbocycles. The number of rotatable bonds is 10. The van der Waals surface area contributed by atoms with Gasteiger partial charge in [-0.05, 0) is 25.1 Å². The third-order valence-corrected chi connectivity index (χ3v) is 18.2. The molecule has 0 radical (unpaired) electrons. The predicted octanol–water partition coefficient (Wildman–Crippen LogP) is 13.1. The van der Waals surface area contributed by atoms with Gasteiger partial charge in [-0.1, -0.05) is 6.08 Å². The van der Waals surface area contributed by atoms with E-state index in [9.17, 15) is 0 Å². The van der Waals surface area contributed by atoms with Crippen LogP contribution in [0.25, 0.3) is 31.7 Å². The summed E-state index contributed by atoms with van der Waals surface area (Å²) in [5.41, 5.74) is 4.16. The van der Waals surface area contributed by atoms with E-state index in [0.29, 0.717) is 0 Å². The molecule has 3 aromatic carbocycles.